The molecule has 1 N–H and O–H groups in total. The summed E-state index contributed by atoms with van der Waals surface area (Å²) in [4.78, 5) is 26.4. The first-order chi connectivity index (χ1) is 15.4. The van der Waals surface area contributed by atoms with Crippen LogP contribution in [0, 0.1) is 20.8 Å². The van der Waals surface area contributed by atoms with E-state index in [2.05, 4.69) is 5.32 Å². The van der Waals surface area contributed by atoms with Crippen molar-refractivity contribution >= 4 is 28.3 Å². The van der Waals surface area contributed by atoms with Crippen LogP contribution in [0.25, 0.3) is 11.0 Å². The minimum Gasteiger partial charge on any atom is -0.486 e. The molecule has 3 aromatic rings. The Bertz CT molecular complexity index is 1230. The largest absolute Gasteiger partial charge is 0.486 e. The topological polar surface area (TPSA) is 68.5 Å². The van der Waals surface area contributed by atoms with Crippen LogP contribution in [0.5, 0.6) is 5.75 Å². The van der Waals surface area contributed by atoms with E-state index in [-0.39, 0.29) is 23.1 Å². The Labute approximate surface area is 188 Å². The molecule has 0 unspecified atom stereocenters. The van der Waals surface area contributed by atoms with Crippen LogP contribution < -0.4 is 10.1 Å². The van der Waals surface area contributed by atoms with E-state index in [0.717, 1.165) is 42.5 Å². The number of hydrogen-bond acceptors (Lipinski definition) is 4. The van der Waals surface area contributed by atoms with Gasteiger partial charge in [0.25, 0.3) is 5.91 Å². The highest BCUT2D eigenvalue weighted by molar-refractivity contribution is 6.15. The Balaban J connectivity index is 1.52. The van der Waals surface area contributed by atoms with Gasteiger partial charge in [-0.05, 0) is 70.2 Å². The van der Waals surface area contributed by atoms with Gasteiger partial charge in [0.15, 0.2) is 11.5 Å². The Kier molecular flexibility index (Phi) is 5.07. The molecule has 32 heavy (non-hydrogen) atoms. The lowest BCUT2D eigenvalue weighted by Crippen LogP contribution is -2.41. The molecule has 5 rings (SSSR count). The molecular weight excluding hydrogens is 402 g/mol. The molecule has 1 saturated carbocycles. The third-order valence-electron chi connectivity index (χ3n) is 7.00. The van der Waals surface area contributed by atoms with E-state index in [1.807, 2.05) is 51.1 Å². The van der Waals surface area contributed by atoms with Gasteiger partial charge in [0.2, 0.25) is 0 Å². The van der Waals surface area contributed by atoms with Gasteiger partial charge in [-0.2, -0.15) is 0 Å². The number of furan rings is 1. The minimum atomic E-state index is -0.380. The van der Waals surface area contributed by atoms with Gasteiger partial charge in [-0.1, -0.05) is 30.5 Å². The lowest BCUT2D eigenvalue weighted by molar-refractivity contribution is 0.0301. The summed E-state index contributed by atoms with van der Waals surface area (Å²) in [5.41, 5.74) is 4.27. The molecule has 1 aliphatic carbocycles. The number of fused-ring (bicyclic) bond motifs is 3. The fourth-order valence-electron chi connectivity index (χ4n) is 5.34. The summed E-state index contributed by atoms with van der Waals surface area (Å²) in [5, 5.41) is 3.65. The second kappa shape index (κ2) is 7.80. The van der Waals surface area contributed by atoms with Crippen molar-refractivity contribution in [2.24, 2.45) is 0 Å². The standard InChI is InChI=1S/C27H29NO4/c1-16-8-9-19(17(2)14-16)28-26(30)25-18(3)23-21(31-25)10-11-22-24(23)20(29)15-27(32-22)12-6-4-5-7-13-27/h8-11,14H,4-7,12-13,15H2,1-3H3,(H,28,30). The van der Waals surface area contributed by atoms with Gasteiger partial charge in [-0.25, -0.2) is 0 Å². The van der Waals surface area contributed by atoms with Gasteiger partial charge in [0, 0.05) is 16.6 Å². The quantitative estimate of drug-likeness (QED) is 0.492. The number of Topliss-reactive ketones (excluding diaryl/α,β-unsaturated/α-hetero) is 1. The molecule has 2 aromatic carbocycles. The zero-order valence-corrected chi connectivity index (χ0v) is 19.0. The van der Waals surface area contributed by atoms with Crippen LogP contribution in [0.2, 0.25) is 0 Å². The van der Waals surface area contributed by atoms with Crippen molar-refractivity contribution < 1.29 is 18.7 Å². The van der Waals surface area contributed by atoms with Crippen molar-refractivity contribution in [1.29, 1.82) is 0 Å². The van der Waals surface area contributed by atoms with Crippen molar-refractivity contribution in [2.75, 3.05) is 5.32 Å². The maximum Gasteiger partial charge on any atom is 0.291 e. The molecule has 2 heterocycles. The lowest BCUT2D eigenvalue weighted by Gasteiger charge is -2.37. The van der Waals surface area contributed by atoms with Crippen LogP contribution in [-0.2, 0) is 0 Å². The molecule has 166 valence electrons. The summed E-state index contributed by atoms with van der Waals surface area (Å²) >= 11 is 0. The zero-order valence-electron chi connectivity index (χ0n) is 19.0. The van der Waals surface area contributed by atoms with E-state index < -0.39 is 0 Å². The number of rotatable bonds is 2. The number of benzene rings is 2. The molecule has 1 spiro atoms. The van der Waals surface area contributed by atoms with E-state index in [1.165, 1.54) is 12.8 Å². The van der Waals surface area contributed by atoms with Gasteiger partial charge in [0.05, 0.1) is 12.0 Å². The van der Waals surface area contributed by atoms with Crippen LogP contribution in [-0.4, -0.2) is 17.3 Å². The van der Waals surface area contributed by atoms with Crippen molar-refractivity contribution in [1.82, 2.24) is 0 Å². The normalized spacial score (nSPS) is 17.7. The molecule has 0 saturated heterocycles. The predicted octanol–water partition coefficient (Wildman–Crippen LogP) is 6.67. The molecule has 1 amide bonds. The molecule has 0 bridgehead atoms. The van der Waals surface area contributed by atoms with Gasteiger partial charge in [0.1, 0.15) is 16.9 Å². The second-order valence-corrected chi connectivity index (χ2v) is 9.44. The monoisotopic (exact) mass is 431 g/mol. The highest BCUT2D eigenvalue weighted by atomic mass is 16.5. The highest BCUT2D eigenvalue weighted by Gasteiger charge is 2.42. The van der Waals surface area contributed by atoms with Gasteiger partial charge in [-0.3, -0.25) is 9.59 Å². The van der Waals surface area contributed by atoms with Crippen molar-refractivity contribution in [3.8, 4) is 5.75 Å². The minimum absolute atomic E-state index is 0.0870. The Morgan fingerprint density at radius 2 is 1.75 bits per heavy atom. The number of carbonyl (C=O) groups excluding carboxylic acids is 2. The number of nitrogens with one attached hydrogen (secondary N) is 1. The number of ether oxygens (including phenoxy) is 1. The first-order valence-corrected chi connectivity index (χ1v) is 11.5. The summed E-state index contributed by atoms with van der Waals surface area (Å²) in [5.74, 6) is 0.629. The molecule has 1 aliphatic heterocycles. The van der Waals surface area contributed by atoms with Crippen LogP contribution in [0.1, 0.15) is 82.5 Å². The van der Waals surface area contributed by atoms with Crippen molar-refractivity contribution in [2.45, 2.75) is 71.3 Å². The number of amides is 1. The first-order valence-electron chi connectivity index (χ1n) is 11.5. The maximum absolute atomic E-state index is 13.4. The molecule has 5 nitrogen and oxygen atoms in total. The number of ketones is 1. The Hall–Kier alpha value is -3.08. The molecule has 0 radical (unpaired) electrons. The van der Waals surface area contributed by atoms with Crippen molar-refractivity contribution in [3.63, 3.8) is 0 Å². The van der Waals surface area contributed by atoms with Gasteiger partial charge < -0.3 is 14.5 Å². The number of hydrogen-bond donors (Lipinski definition) is 1. The molecule has 1 fully saturated rings. The Morgan fingerprint density at radius 3 is 2.47 bits per heavy atom. The summed E-state index contributed by atoms with van der Waals surface area (Å²) in [6.07, 6.45) is 6.83. The highest BCUT2D eigenvalue weighted by Crippen LogP contribution is 2.44. The first kappa shape index (κ1) is 20.8. The van der Waals surface area contributed by atoms with Crippen LogP contribution in [0.3, 0.4) is 0 Å². The summed E-state index contributed by atoms with van der Waals surface area (Å²) in [6.45, 7) is 5.82. The number of aryl methyl sites for hydroxylation is 3. The fourth-order valence-corrected chi connectivity index (χ4v) is 5.34. The summed E-state index contributed by atoms with van der Waals surface area (Å²) in [6, 6.07) is 9.53. The lowest BCUT2D eigenvalue weighted by atomic mass is 9.83. The zero-order chi connectivity index (χ0) is 22.5. The molecule has 5 heteroatoms. The third kappa shape index (κ3) is 3.50. The molecule has 1 aromatic heterocycles. The third-order valence-corrected chi connectivity index (χ3v) is 7.00. The van der Waals surface area contributed by atoms with E-state index in [4.69, 9.17) is 9.15 Å². The predicted molar refractivity (Wildman–Crippen MR) is 125 cm³/mol. The average molecular weight is 432 g/mol. The van der Waals surface area contributed by atoms with Crippen LogP contribution in [0.4, 0.5) is 5.69 Å². The second-order valence-electron chi connectivity index (χ2n) is 9.44. The van der Waals surface area contributed by atoms with Gasteiger partial charge in [-0.15, -0.1) is 0 Å². The Morgan fingerprint density at radius 1 is 1.00 bits per heavy atom. The molecular formula is C27H29NO4. The SMILES string of the molecule is Cc1ccc(NC(=O)c2oc3ccc4c(c3c2C)C(=O)CC2(CCCCCC2)O4)c(C)c1. The molecule has 2 aliphatic rings. The number of carbonyl (C=O) groups is 2. The van der Waals surface area contributed by atoms with Gasteiger partial charge >= 0.3 is 0 Å². The van der Waals surface area contributed by atoms with E-state index in [0.29, 0.717) is 34.3 Å². The summed E-state index contributed by atoms with van der Waals surface area (Å²) < 4.78 is 12.5. The van der Waals surface area contributed by atoms with E-state index in [1.54, 1.807) is 0 Å². The van der Waals surface area contributed by atoms with E-state index in [9.17, 15) is 9.59 Å². The summed E-state index contributed by atoms with van der Waals surface area (Å²) in [7, 11) is 0. The van der Waals surface area contributed by atoms with E-state index >= 15 is 0 Å². The smallest absolute Gasteiger partial charge is 0.291 e. The average Bonchev–Trinajstić information content (AvgIpc) is 2.93. The number of anilines is 1. The van der Waals surface area contributed by atoms with Crippen molar-refractivity contribution in [3.05, 3.63) is 58.3 Å². The fraction of sp³-hybridized carbons (Fsp3) is 0.407. The van der Waals surface area contributed by atoms with Crippen LogP contribution >= 0.6 is 0 Å². The maximum atomic E-state index is 13.4. The molecule has 0 atom stereocenters. The van der Waals surface area contributed by atoms with Crippen LogP contribution in [0.15, 0.2) is 34.7 Å².